The van der Waals surface area contributed by atoms with Crippen LogP contribution in [0.2, 0.25) is 0 Å². The molecule has 1 aliphatic heterocycles. The van der Waals surface area contributed by atoms with E-state index < -0.39 is 6.03 Å². The molecule has 0 aromatic heterocycles. The van der Waals surface area contributed by atoms with Gasteiger partial charge in [0.1, 0.15) is 0 Å². The van der Waals surface area contributed by atoms with E-state index in [4.69, 9.17) is 10.5 Å². The summed E-state index contributed by atoms with van der Waals surface area (Å²) in [6.07, 6.45) is 2.98. The normalized spacial score (nSPS) is 23.5. The second-order valence-electron chi connectivity index (χ2n) is 5.39. The van der Waals surface area contributed by atoms with E-state index in [2.05, 4.69) is 24.5 Å². The van der Waals surface area contributed by atoms with Crippen molar-refractivity contribution in [1.29, 1.82) is 0 Å². The third-order valence-corrected chi connectivity index (χ3v) is 3.65. The van der Waals surface area contributed by atoms with Gasteiger partial charge in [0.25, 0.3) is 0 Å². The molecule has 0 radical (unpaired) electrons. The molecule has 0 saturated carbocycles. The van der Waals surface area contributed by atoms with Gasteiger partial charge in [-0.3, -0.25) is 0 Å². The van der Waals surface area contributed by atoms with Crippen molar-refractivity contribution in [2.75, 3.05) is 11.9 Å². The van der Waals surface area contributed by atoms with Crippen LogP contribution in [0.5, 0.6) is 0 Å². The highest BCUT2D eigenvalue weighted by molar-refractivity contribution is 5.87. The van der Waals surface area contributed by atoms with Crippen molar-refractivity contribution < 1.29 is 9.53 Å². The average molecular weight is 277 g/mol. The summed E-state index contributed by atoms with van der Waals surface area (Å²) >= 11 is 0. The zero-order chi connectivity index (χ0) is 14.5. The Morgan fingerprint density at radius 2 is 2.10 bits per heavy atom. The van der Waals surface area contributed by atoms with Gasteiger partial charge in [-0.25, -0.2) is 4.79 Å². The van der Waals surface area contributed by atoms with Crippen LogP contribution in [-0.2, 0) is 4.74 Å². The summed E-state index contributed by atoms with van der Waals surface area (Å²) in [5.74, 6) is 0. The second kappa shape index (κ2) is 6.72. The third-order valence-electron chi connectivity index (χ3n) is 3.65. The van der Waals surface area contributed by atoms with Crippen LogP contribution in [0.25, 0.3) is 0 Å². The van der Waals surface area contributed by atoms with Crippen molar-refractivity contribution in [3.05, 3.63) is 29.8 Å². The monoisotopic (exact) mass is 277 g/mol. The van der Waals surface area contributed by atoms with E-state index in [1.165, 1.54) is 5.56 Å². The van der Waals surface area contributed by atoms with Crippen LogP contribution in [-0.4, -0.2) is 24.8 Å². The number of amides is 2. The van der Waals surface area contributed by atoms with Gasteiger partial charge >= 0.3 is 6.03 Å². The average Bonchev–Trinajstić information content (AvgIpc) is 2.82. The molecular weight excluding hydrogens is 254 g/mol. The van der Waals surface area contributed by atoms with Crippen LogP contribution in [0.1, 0.15) is 38.3 Å². The van der Waals surface area contributed by atoms with E-state index in [-0.39, 0.29) is 6.04 Å². The Labute approximate surface area is 119 Å². The molecule has 1 aromatic carbocycles. The molecule has 1 aliphatic rings. The van der Waals surface area contributed by atoms with Crippen LogP contribution in [0.4, 0.5) is 10.5 Å². The molecule has 110 valence electrons. The molecule has 2 rings (SSSR count). The first-order valence-corrected chi connectivity index (χ1v) is 7.10. The number of benzene rings is 1. The molecule has 0 spiro atoms. The standard InChI is InChI=1S/C15H23N3O2/c1-10-3-8-14(20-10)9-17-11(2)12-4-6-13(7-5-12)18-15(16)19/h4-7,10-11,14,17H,3,8-9H2,1-2H3,(H3,16,18,19). The van der Waals surface area contributed by atoms with Crippen LogP contribution in [0, 0.1) is 0 Å². The van der Waals surface area contributed by atoms with Crippen molar-refractivity contribution in [3.63, 3.8) is 0 Å². The lowest BCUT2D eigenvalue weighted by molar-refractivity contribution is 0.0546. The fraction of sp³-hybridized carbons (Fsp3) is 0.533. The Balaban J connectivity index is 1.82. The minimum Gasteiger partial charge on any atom is -0.374 e. The molecule has 1 heterocycles. The maximum absolute atomic E-state index is 10.7. The van der Waals surface area contributed by atoms with E-state index in [1.807, 2.05) is 24.3 Å². The maximum atomic E-state index is 10.7. The van der Waals surface area contributed by atoms with Gasteiger partial charge in [-0.2, -0.15) is 0 Å². The van der Waals surface area contributed by atoms with Crippen LogP contribution in [0.3, 0.4) is 0 Å². The predicted molar refractivity (Wildman–Crippen MR) is 79.6 cm³/mol. The van der Waals surface area contributed by atoms with Gasteiger partial charge in [-0.05, 0) is 44.4 Å². The zero-order valence-corrected chi connectivity index (χ0v) is 12.1. The zero-order valence-electron chi connectivity index (χ0n) is 12.1. The number of nitrogens with one attached hydrogen (secondary N) is 2. The molecule has 1 saturated heterocycles. The quantitative estimate of drug-likeness (QED) is 0.773. The van der Waals surface area contributed by atoms with Crippen molar-refractivity contribution in [2.45, 2.75) is 44.9 Å². The van der Waals surface area contributed by atoms with Gasteiger partial charge < -0.3 is 21.1 Å². The predicted octanol–water partition coefficient (Wildman–Crippen LogP) is 2.40. The summed E-state index contributed by atoms with van der Waals surface area (Å²) in [7, 11) is 0. The molecule has 20 heavy (non-hydrogen) atoms. The number of anilines is 1. The van der Waals surface area contributed by atoms with E-state index >= 15 is 0 Å². The highest BCUT2D eigenvalue weighted by atomic mass is 16.5. The molecule has 5 nitrogen and oxygen atoms in total. The number of hydrogen-bond acceptors (Lipinski definition) is 3. The Bertz CT molecular complexity index is 447. The number of carbonyl (C=O) groups excluding carboxylic acids is 1. The minimum atomic E-state index is -0.545. The number of primary amides is 1. The van der Waals surface area contributed by atoms with Gasteiger partial charge in [0.2, 0.25) is 0 Å². The first kappa shape index (κ1) is 14.8. The molecule has 0 bridgehead atoms. The summed E-state index contributed by atoms with van der Waals surface area (Å²) < 4.78 is 5.79. The lowest BCUT2D eigenvalue weighted by Crippen LogP contribution is -2.29. The highest BCUT2D eigenvalue weighted by Gasteiger charge is 2.21. The largest absolute Gasteiger partial charge is 0.374 e. The number of carbonyl (C=O) groups is 1. The summed E-state index contributed by atoms with van der Waals surface area (Å²) in [5.41, 5.74) is 6.96. The molecule has 0 aliphatic carbocycles. The molecule has 2 amide bonds. The van der Waals surface area contributed by atoms with Crippen molar-refractivity contribution in [2.24, 2.45) is 5.73 Å². The fourth-order valence-electron chi connectivity index (χ4n) is 2.46. The number of urea groups is 1. The van der Waals surface area contributed by atoms with Gasteiger partial charge in [-0.1, -0.05) is 12.1 Å². The second-order valence-corrected chi connectivity index (χ2v) is 5.39. The molecule has 1 fully saturated rings. The molecule has 3 atom stereocenters. The Kier molecular flexibility index (Phi) is 4.98. The minimum absolute atomic E-state index is 0.247. The van der Waals surface area contributed by atoms with Gasteiger partial charge in [0, 0.05) is 18.3 Å². The fourth-order valence-corrected chi connectivity index (χ4v) is 2.46. The SMILES string of the molecule is CC1CCC(CNC(C)c2ccc(NC(N)=O)cc2)O1. The first-order valence-electron chi connectivity index (χ1n) is 7.10. The Morgan fingerprint density at radius 3 is 2.65 bits per heavy atom. The third kappa shape index (κ3) is 4.21. The topological polar surface area (TPSA) is 76.4 Å². The van der Waals surface area contributed by atoms with E-state index in [1.54, 1.807) is 0 Å². The summed E-state index contributed by atoms with van der Waals surface area (Å²) in [5, 5.41) is 6.04. The number of rotatable bonds is 5. The van der Waals surface area contributed by atoms with Crippen molar-refractivity contribution in [1.82, 2.24) is 5.32 Å². The van der Waals surface area contributed by atoms with E-state index in [0.717, 1.165) is 19.4 Å². The molecule has 4 N–H and O–H groups in total. The Hall–Kier alpha value is -1.59. The summed E-state index contributed by atoms with van der Waals surface area (Å²) in [6, 6.07) is 7.38. The van der Waals surface area contributed by atoms with Gasteiger partial charge in [-0.15, -0.1) is 0 Å². The van der Waals surface area contributed by atoms with Crippen LogP contribution < -0.4 is 16.4 Å². The lowest BCUT2D eigenvalue weighted by atomic mass is 10.1. The molecule has 1 aromatic rings. The summed E-state index contributed by atoms with van der Waals surface area (Å²) in [4.78, 5) is 10.7. The van der Waals surface area contributed by atoms with Crippen molar-refractivity contribution in [3.8, 4) is 0 Å². The molecule has 3 unspecified atom stereocenters. The molecule has 5 heteroatoms. The Morgan fingerprint density at radius 1 is 1.40 bits per heavy atom. The van der Waals surface area contributed by atoms with Gasteiger partial charge in [0.05, 0.1) is 12.2 Å². The number of hydrogen-bond donors (Lipinski definition) is 3. The maximum Gasteiger partial charge on any atom is 0.316 e. The number of nitrogens with two attached hydrogens (primary N) is 1. The van der Waals surface area contributed by atoms with E-state index in [0.29, 0.717) is 17.9 Å². The molecular formula is C15H23N3O2. The highest BCUT2D eigenvalue weighted by Crippen LogP contribution is 2.20. The van der Waals surface area contributed by atoms with E-state index in [9.17, 15) is 4.79 Å². The van der Waals surface area contributed by atoms with Crippen LogP contribution in [0.15, 0.2) is 24.3 Å². The van der Waals surface area contributed by atoms with Crippen LogP contribution >= 0.6 is 0 Å². The van der Waals surface area contributed by atoms with Crippen molar-refractivity contribution >= 4 is 11.7 Å². The summed E-state index contributed by atoms with van der Waals surface area (Å²) in [6.45, 7) is 5.11. The smallest absolute Gasteiger partial charge is 0.316 e. The lowest BCUT2D eigenvalue weighted by Gasteiger charge is -2.18. The first-order chi connectivity index (χ1) is 9.54. The van der Waals surface area contributed by atoms with Gasteiger partial charge in [0.15, 0.2) is 0 Å². The number of ether oxygens (including phenoxy) is 1.